The summed E-state index contributed by atoms with van der Waals surface area (Å²) < 4.78 is 5.32. The number of aliphatic hydroxyl groups is 1. The number of anilines is 1. The molecule has 6 heteroatoms. The minimum atomic E-state index is -0.0843. The van der Waals surface area contributed by atoms with E-state index in [2.05, 4.69) is 4.98 Å². The van der Waals surface area contributed by atoms with Gasteiger partial charge in [0.15, 0.2) is 5.13 Å². The Morgan fingerprint density at radius 2 is 2.16 bits per heavy atom. The van der Waals surface area contributed by atoms with Crippen molar-refractivity contribution in [2.75, 3.05) is 19.1 Å². The molecule has 0 unspecified atom stereocenters. The molecule has 0 fully saturated rings. The first kappa shape index (κ1) is 14.1. The summed E-state index contributed by atoms with van der Waals surface area (Å²) in [5, 5.41) is 10.3. The summed E-state index contributed by atoms with van der Waals surface area (Å²) >= 11 is 7.33. The minimum absolute atomic E-state index is 0.0843. The zero-order chi connectivity index (χ0) is 13.8. The SMILES string of the molecule is COc1ccccc1CN(C)c1nc(Cl)c(CO)s1. The lowest BCUT2D eigenvalue weighted by molar-refractivity contribution is 0.285. The number of nitrogens with zero attached hydrogens (tertiary/aromatic N) is 2. The van der Waals surface area contributed by atoms with Crippen molar-refractivity contribution < 1.29 is 9.84 Å². The van der Waals surface area contributed by atoms with Gasteiger partial charge in [0.25, 0.3) is 0 Å². The van der Waals surface area contributed by atoms with Crippen molar-refractivity contribution in [1.82, 2.24) is 4.98 Å². The average molecular weight is 299 g/mol. The van der Waals surface area contributed by atoms with Gasteiger partial charge in [-0.25, -0.2) is 4.98 Å². The van der Waals surface area contributed by atoms with Crippen LogP contribution in [-0.2, 0) is 13.2 Å². The Balaban J connectivity index is 2.18. The number of hydrogen-bond acceptors (Lipinski definition) is 5. The van der Waals surface area contributed by atoms with Crippen LogP contribution in [0.5, 0.6) is 5.75 Å². The molecular formula is C13H15ClN2O2S. The molecule has 0 spiro atoms. The van der Waals surface area contributed by atoms with Crippen molar-refractivity contribution in [1.29, 1.82) is 0 Å². The molecule has 0 aliphatic heterocycles. The van der Waals surface area contributed by atoms with Gasteiger partial charge in [-0.1, -0.05) is 41.1 Å². The third-order valence-corrected chi connectivity index (χ3v) is 4.29. The number of ether oxygens (including phenoxy) is 1. The molecule has 0 radical (unpaired) electrons. The zero-order valence-electron chi connectivity index (χ0n) is 10.8. The largest absolute Gasteiger partial charge is 0.496 e. The fraction of sp³-hybridized carbons (Fsp3) is 0.308. The Labute approximate surface area is 121 Å². The summed E-state index contributed by atoms with van der Waals surface area (Å²) in [5.41, 5.74) is 1.07. The van der Waals surface area contributed by atoms with Crippen molar-refractivity contribution in [3.63, 3.8) is 0 Å². The standard InChI is InChI=1S/C13H15ClN2O2S/c1-16(13-15-12(14)11(8-17)19-13)7-9-5-3-4-6-10(9)18-2/h3-6,17H,7-8H2,1-2H3. The van der Waals surface area contributed by atoms with Crippen LogP contribution in [-0.4, -0.2) is 24.2 Å². The second-order valence-corrected chi connectivity index (χ2v) is 5.46. The summed E-state index contributed by atoms with van der Waals surface area (Å²) in [6, 6.07) is 7.85. The molecule has 0 amide bonds. The molecule has 19 heavy (non-hydrogen) atoms. The fourth-order valence-electron chi connectivity index (χ4n) is 1.74. The molecule has 1 aromatic heterocycles. The summed E-state index contributed by atoms with van der Waals surface area (Å²) in [6.07, 6.45) is 0. The van der Waals surface area contributed by atoms with Gasteiger partial charge in [-0.05, 0) is 6.07 Å². The van der Waals surface area contributed by atoms with Crippen LogP contribution < -0.4 is 9.64 Å². The van der Waals surface area contributed by atoms with Crippen molar-refractivity contribution in [2.24, 2.45) is 0 Å². The molecule has 0 aliphatic rings. The lowest BCUT2D eigenvalue weighted by Gasteiger charge is -2.17. The molecule has 0 saturated heterocycles. The van der Waals surface area contributed by atoms with E-state index in [4.69, 9.17) is 21.4 Å². The van der Waals surface area contributed by atoms with Gasteiger partial charge in [-0.15, -0.1) is 0 Å². The van der Waals surface area contributed by atoms with Gasteiger partial charge in [0.2, 0.25) is 0 Å². The Morgan fingerprint density at radius 3 is 2.79 bits per heavy atom. The van der Waals surface area contributed by atoms with Crippen LogP contribution in [0.2, 0.25) is 5.15 Å². The molecule has 0 bridgehead atoms. The van der Waals surface area contributed by atoms with E-state index < -0.39 is 0 Å². The van der Waals surface area contributed by atoms with E-state index in [0.29, 0.717) is 16.6 Å². The second kappa shape index (κ2) is 6.23. The third kappa shape index (κ3) is 3.18. The molecule has 1 N–H and O–H groups in total. The zero-order valence-corrected chi connectivity index (χ0v) is 12.3. The number of hydrogen-bond donors (Lipinski definition) is 1. The molecule has 2 aromatic rings. The predicted octanol–water partition coefficient (Wildman–Crippen LogP) is 2.93. The summed E-state index contributed by atoms with van der Waals surface area (Å²) in [6.45, 7) is 0.581. The molecule has 1 aromatic carbocycles. The monoisotopic (exact) mass is 298 g/mol. The number of thiazole rings is 1. The topological polar surface area (TPSA) is 45.6 Å². The molecule has 0 saturated carbocycles. The maximum Gasteiger partial charge on any atom is 0.187 e. The minimum Gasteiger partial charge on any atom is -0.496 e. The lowest BCUT2D eigenvalue weighted by Crippen LogP contribution is -2.16. The van der Waals surface area contributed by atoms with Crippen LogP contribution in [0, 0.1) is 0 Å². The van der Waals surface area contributed by atoms with Crippen LogP contribution in [0.25, 0.3) is 0 Å². The summed E-state index contributed by atoms with van der Waals surface area (Å²) in [5.74, 6) is 0.847. The molecule has 102 valence electrons. The van der Waals surface area contributed by atoms with Crippen LogP contribution in [0.3, 0.4) is 0 Å². The second-order valence-electron chi connectivity index (χ2n) is 4.04. The number of aliphatic hydroxyl groups excluding tert-OH is 1. The van der Waals surface area contributed by atoms with E-state index in [-0.39, 0.29) is 6.61 Å². The fourth-order valence-corrected chi connectivity index (χ4v) is 2.82. The number of benzene rings is 1. The Hall–Kier alpha value is -1.30. The van der Waals surface area contributed by atoms with Crippen molar-refractivity contribution >= 4 is 28.1 Å². The quantitative estimate of drug-likeness (QED) is 0.922. The summed E-state index contributed by atoms with van der Waals surface area (Å²) in [7, 11) is 3.59. The molecular weight excluding hydrogens is 284 g/mol. The van der Waals surface area contributed by atoms with E-state index in [1.165, 1.54) is 11.3 Å². The smallest absolute Gasteiger partial charge is 0.187 e. The maximum absolute atomic E-state index is 9.13. The Morgan fingerprint density at radius 1 is 1.42 bits per heavy atom. The Kier molecular flexibility index (Phi) is 4.63. The molecule has 1 heterocycles. The molecule has 0 atom stereocenters. The highest BCUT2D eigenvalue weighted by atomic mass is 35.5. The van der Waals surface area contributed by atoms with Crippen LogP contribution >= 0.6 is 22.9 Å². The van der Waals surface area contributed by atoms with E-state index in [9.17, 15) is 0 Å². The number of aromatic nitrogens is 1. The van der Waals surface area contributed by atoms with Gasteiger partial charge in [0, 0.05) is 19.2 Å². The van der Waals surface area contributed by atoms with E-state index in [1.54, 1.807) is 7.11 Å². The highest BCUT2D eigenvalue weighted by molar-refractivity contribution is 7.16. The van der Waals surface area contributed by atoms with Crippen molar-refractivity contribution in [2.45, 2.75) is 13.2 Å². The number of rotatable bonds is 5. The number of halogens is 1. The number of methoxy groups -OCH3 is 1. The Bertz CT molecular complexity index is 559. The van der Waals surface area contributed by atoms with Crippen molar-refractivity contribution in [3.8, 4) is 5.75 Å². The van der Waals surface area contributed by atoms with Gasteiger partial charge in [-0.3, -0.25) is 0 Å². The molecule has 2 rings (SSSR count). The highest BCUT2D eigenvalue weighted by Gasteiger charge is 2.13. The maximum atomic E-state index is 9.13. The van der Waals surface area contributed by atoms with Crippen LogP contribution in [0.4, 0.5) is 5.13 Å². The van der Waals surface area contributed by atoms with Gasteiger partial charge < -0.3 is 14.7 Å². The molecule has 0 aliphatic carbocycles. The third-order valence-electron chi connectivity index (χ3n) is 2.71. The van der Waals surface area contributed by atoms with E-state index in [0.717, 1.165) is 16.4 Å². The van der Waals surface area contributed by atoms with Crippen molar-refractivity contribution in [3.05, 3.63) is 39.9 Å². The lowest BCUT2D eigenvalue weighted by atomic mass is 10.2. The first-order valence-electron chi connectivity index (χ1n) is 5.74. The number of para-hydroxylation sites is 1. The van der Waals surface area contributed by atoms with Gasteiger partial charge >= 0.3 is 0 Å². The van der Waals surface area contributed by atoms with Gasteiger partial charge in [0.1, 0.15) is 10.9 Å². The molecule has 4 nitrogen and oxygen atoms in total. The first-order chi connectivity index (χ1) is 9.15. The summed E-state index contributed by atoms with van der Waals surface area (Å²) in [4.78, 5) is 6.91. The van der Waals surface area contributed by atoms with E-state index in [1.807, 2.05) is 36.2 Å². The highest BCUT2D eigenvalue weighted by Crippen LogP contribution is 2.30. The van der Waals surface area contributed by atoms with E-state index >= 15 is 0 Å². The normalized spacial score (nSPS) is 10.5. The predicted molar refractivity (Wildman–Crippen MR) is 78.1 cm³/mol. The van der Waals surface area contributed by atoms with Crippen LogP contribution in [0.1, 0.15) is 10.4 Å². The van der Waals surface area contributed by atoms with Crippen LogP contribution in [0.15, 0.2) is 24.3 Å². The van der Waals surface area contributed by atoms with Gasteiger partial charge in [-0.2, -0.15) is 0 Å². The first-order valence-corrected chi connectivity index (χ1v) is 6.94. The van der Waals surface area contributed by atoms with Gasteiger partial charge in [0.05, 0.1) is 18.6 Å². The average Bonchev–Trinajstić information content (AvgIpc) is 2.80.